The minimum absolute atomic E-state index is 0.212. The van der Waals surface area contributed by atoms with Crippen LogP contribution in [0.4, 0.5) is 18.9 Å². The Hall–Kier alpha value is -2.31. The highest BCUT2D eigenvalue weighted by Crippen LogP contribution is 2.24. The largest absolute Gasteiger partial charge is 0.406 e. The van der Waals surface area contributed by atoms with Crippen LogP contribution in [0.25, 0.3) is 11.4 Å². The summed E-state index contributed by atoms with van der Waals surface area (Å²) in [6.07, 6.45) is -1.70. The third-order valence-electron chi connectivity index (χ3n) is 2.53. The number of alkyl halides is 3. The lowest BCUT2D eigenvalue weighted by atomic mass is 10.2. The average molecular weight is 283 g/mol. The highest BCUT2D eigenvalue weighted by Gasteiger charge is 2.28. The molecule has 0 fully saturated rings. The maximum Gasteiger partial charge on any atom is 0.406 e. The van der Waals surface area contributed by atoms with Crippen molar-refractivity contribution in [3.8, 4) is 11.4 Å². The number of carbonyl (C=O) groups is 1. The highest BCUT2D eigenvalue weighted by atomic mass is 19.4. The summed E-state index contributed by atoms with van der Waals surface area (Å²) in [5.74, 6) is 0.0213. The van der Waals surface area contributed by atoms with E-state index < -0.39 is 12.7 Å². The maximum absolute atomic E-state index is 12.4. The fourth-order valence-corrected chi connectivity index (χ4v) is 1.80. The first kappa shape index (κ1) is 14.1. The number of hydrogen-bond donors (Lipinski definition) is 1. The SMILES string of the molecule is CC(=O)Nc1ccc(-c2nccn2CC(F)(F)F)cc1. The number of anilines is 1. The van der Waals surface area contributed by atoms with Gasteiger partial charge in [0.1, 0.15) is 12.4 Å². The van der Waals surface area contributed by atoms with Gasteiger partial charge in [-0.05, 0) is 24.3 Å². The molecule has 0 saturated heterocycles. The summed E-state index contributed by atoms with van der Waals surface area (Å²) in [7, 11) is 0. The van der Waals surface area contributed by atoms with E-state index >= 15 is 0 Å². The van der Waals surface area contributed by atoms with Gasteiger partial charge < -0.3 is 9.88 Å². The number of nitrogens with zero attached hydrogens (tertiary/aromatic N) is 2. The third-order valence-corrected chi connectivity index (χ3v) is 2.53. The molecule has 0 bridgehead atoms. The van der Waals surface area contributed by atoms with Crippen molar-refractivity contribution in [2.75, 3.05) is 5.32 Å². The molecule has 1 amide bonds. The first-order valence-corrected chi connectivity index (χ1v) is 5.81. The monoisotopic (exact) mass is 283 g/mol. The van der Waals surface area contributed by atoms with Crippen molar-refractivity contribution in [1.29, 1.82) is 0 Å². The number of carbonyl (C=O) groups excluding carboxylic acids is 1. The molecule has 0 aliphatic carbocycles. The summed E-state index contributed by atoms with van der Waals surface area (Å²) in [5, 5.41) is 2.58. The molecule has 20 heavy (non-hydrogen) atoms. The van der Waals surface area contributed by atoms with E-state index in [0.29, 0.717) is 11.3 Å². The number of imidazole rings is 1. The van der Waals surface area contributed by atoms with Gasteiger partial charge in [0.05, 0.1) is 0 Å². The van der Waals surface area contributed by atoms with Crippen LogP contribution in [0.1, 0.15) is 6.92 Å². The number of halogens is 3. The van der Waals surface area contributed by atoms with Gasteiger partial charge in [-0.3, -0.25) is 4.79 Å². The minimum atomic E-state index is -4.30. The number of amides is 1. The second kappa shape index (κ2) is 5.36. The molecule has 1 aromatic heterocycles. The van der Waals surface area contributed by atoms with E-state index in [4.69, 9.17) is 0 Å². The standard InChI is InChI=1S/C13H12F3N3O/c1-9(20)18-11-4-2-10(3-5-11)12-17-6-7-19(12)8-13(14,15)16/h2-7H,8H2,1H3,(H,18,20). The Morgan fingerprint density at radius 3 is 2.50 bits per heavy atom. The van der Waals surface area contributed by atoms with Gasteiger partial charge in [0.25, 0.3) is 0 Å². The number of aromatic nitrogens is 2. The molecule has 106 valence electrons. The predicted octanol–water partition coefficient (Wildman–Crippen LogP) is 3.07. The molecule has 0 saturated carbocycles. The van der Waals surface area contributed by atoms with Crippen LogP contribution in [0.5, 0.6) is 0 Å². The van der Waals surface area contributed by atoms with Crippen LogP contribution >= 0.6 is 0 Å². The van der Waals surface area contributed by atoms with Crippen molar-refractivity contribution >= 4 is 11.6 Å². The zero-order chi connectivity index (χ0) is 14.8. The average Bonchev–Trinajstić information content (AvgIpc) is 2.75. The van der Waals surface area contributed by atoms with Crippen LogP contribution in [0.3, 0.4) is 0 Å². The first-order chi connectivity index (χ1) is 9.35. The van der Waals surface area contributed by atoms with Crippen LogP contribution in [0, 0.1) is 0 Å². The Morgan fingerprint density at radius 2 is 1.95 bits per heavy atom. The predicted molar refractivity (Wildman–Crippen MR) is 68.0 cm³/mol. The fourth-order valence-electron chi connectivity index (χ4n) is 1.80. The summed E-state index contributed by atoms with van der Waals surface area (Å²) in [6.45, 7) is 0.291. The van der Waals surface area contributed by atoms with Gasteiger partial charge in [0, 0.05) is 30.6 Å². The third kappa shape index (κ3) is 3.59. The normalized spacial score (nSPS) is 11.4. The molecular formula is C13H12F3N3O. The molecule has 0 atom stereocenters. The number of nitrogens with one attached hydrogen (secondary N) is 1. The lowest BCUT2D eigenvalue weighted by Gasteiger charge is -2.11. The second-order valence-corrected chi connectivity index (χ2v) is 4.25. The molecule has 7 heteroatoms. The summed E-state index contributed by atoms with van der Waals surface area (Å²) in [6, 6.07) is 6.45. The van der Waals surface area contributed by atoms with Crippen molar-refractivity contribution in [3.05, 3.63) is 36.7 Å². The molecule has 2 aromatic rings. The quantitative estimate of drug-likeness (QED) is 0.941. The topological polar surface area (TPSA) is 46.9 Å². The molecule has 0 unspecified atom stereocenters. The lowest BCUT2D eigenvalue weighted by molar-refractivity contribution is -0.140. The van der Waals surface area contributed by atoms with Gasteiger partial charge in [-0.1, -0.05) is 0 Å². The Bertz CT molecular complexity index is 602. The van der Waals surface area contributed by atoms with E-state index in [1.54, 1.807) is 24.3 Å². The Labute approximate surface area is 113 Å². The fraction of sp³-hybridized carbons (Fsp3) is 0.231. The second-order valence-electron chi connectivity index (χ2n) is 4.25. The van der Waals surface area contributed by atoms with Gasteiger partial charge in [0.2, 0.25) is 5.91 Å². The Morgan fingerprint density at radius 1 is 1.30 bits per heavy atom. The summed E-state index contributed by atoms with van der Waals surface area (Å²) >= 11 is 0. The molecular weight excluding hydrogens is 271 g/mol. The zero-order valence-electron chi connectivity index (χ0n) is 10.6. The molecule has 4 nitrogen and oxygen atoms in total. The van der Waals surface area contributed by atoms with E-state index in [0.717, 1.165) is 4.57 Å². The number of rotatable bonds is 3. The molecule has 1 aromatic carbocycles. The molecule has 0 aliphatic rings. The molecule has 1 N–H and O–H groups in total. The zero-order valence-corrected chi connectivity index (χ0v) is 10.6. The van der Waals surface area contributed by atoms with E-state index in [1.807, 2.05) is 0 Å². The van der Waals surface area contributed by atoms with Gasteiger partial charge in [0.15, 0.2) is 0 Å². The highest BCUT2D eigenvalue weighted by molar-refractivity contribution is 5.88. The number of benzene rings is 1. The van der Waals surface area contributed by atoms with Gasteiger partial charge in [-0.15, -0.1) is 0 Å². The maximum atomic E-state index is 12.4. The molecule has 1 heterocycles. The molecule has 0 spiro atoms. The van der Waals surface area contributed by atoms with Crippen molar-refractivity contribution in [1.82, 2.24) is 9.55 Å². The van der Waals surface area contributed by atoms with E-state index in [9.17, 15) is 18.0 Å². The van der Waals surface area contributed by atoms with Gasteiger partial charge >= 0.3 is 6.18 Å². The van der Waals surface area contributed by atoms with Crippen molar-refractivity contribution in [2.45, 2.75) is 19.6 Å². The number of hydrogen-bond acceptors (Lipinski definition) is 2. The molecule has 0 aliphatic heterocycles. The van der Waals surface area contributed by atoms with Gasteiger partial charge in [-0.25, -0.2) is 4.98 Å². The lowest BCUT2D eigenvalue weighted by Crippen LogP contribution is -2.17. The smallest absolute Gasteiger partial charge is 0.326 e. The molecule has 2 rings (SSSR count). The first-order valence-electron chi connectivity index (χ1n) is 5.81. The van der Waals surface area contributed by atoms with Crippen LogP contribution in [0.15, 0.2) is 36.7 Å². The minimum Gasteiger partial charge on any atom is -0.326 e. The summed E-state index contributed by atoms with van der Waals surface area (Å²) in [5.41, 5.74) is 1.13. The van der Waals surface area contributed by atoms with Crippen LogP contribution in [-0.2, 0) is 11.3 Å². The van der Waals surface area contributed by atoms with Gasteiger partial charge in [-0.2, -0.15) is 13.2 Å². The van der Waals surface area contributed by atoms with E-state index in [2.05, 4.69) is 10.3 Å². The van der Waals surface area contributed by atoms with Crippen molar-refractivity contribution in [2.24, 2.45) is 0 Å². The van der Waals surface area contributed by atoms with Crippen molar-refractivity contribution in [3.63, 3.8) is 0 Å². The summed E-state index contributed by atoms with van der Waals surface area (Å²) in [4.78, 5) is 14.8. The molecule has 0 radical (unpaired) electrons. The van der Waals surface area contributed by atoms with Crippen LogP contribution in [0.2, 0.25) is 0 Å². The van der Waals surface area contributed by atoms with E-state index in [1.165, 1.54) is 19.3 Å². The van der Waals surface area contributed by atoms with Crippen LogP contribution < -0.4 is 5.32 Å². The summed E-state index contributed by atoms with van der Waals surface area (Å²) < 4.78 is 38.3. The Kier molecular flexibility index (Phi) is 3.78. The Balaban J connectivity index is 2.24. The van der Waals surface area contributed by atoms with Crippen LogP contribution in [-0.4, -0.2) is 21.6 Å². The van der Waals surface area contributed by atoms with E-state index in [-0.39, 0.29) is 11.7 Å². The van der Waals surface area contributed by atoms with Crippen molar-refractivity contribution < 1.29 is 18.0 Å².